The second-order valence-corrected chi connectivity index (χ2v) is 8.41. The third-order valence-electron chi connectivity index (χ3n) is 4.21. The van der Waals surface area contributed by atoms with Crippen LogP contribution in [0.3, 0.4) is 0 Å². The van der Waals surface area contributed by atoms with E-state index in [1.165, 1.54) is 11.3 Å². The van der Waals surface area contributed by atoms with Crippen LogP contribution in [-0.4, -0.2) is 49.1 Å². The number of anilines is 1. The number of halogens is 1. The van der Waals surface area contributed by atoms with E-state index in [0.29, 0.717) is 22.3 Å². The zero-order valence-corrected chi connectivity index (χ0v) is 16.0. The number of piperazine rings is 1. The summed E-state index contributed by atoms with van der Waals surface area (Å²) in [4.78, 5) is 22.1. The molecule has 0 N–H and O–H groups in total. The first kappa shape index (κ1) is 16.6. The number of thiophene rings is 1. The molecule has 3 heterocycles. The van der Waals surface area contributed by atoms with Crippen LogP contribution in [0.4, 0.5) is 5.13 Å². The number of benzene rings is 1. The van der Waals surface area contributed by atoms with E-state index in [1.54, 1.807) is 30.6 Å². The molecule has 8 heteroatoms. The van der Waals surface area contributed by atoms with Crippen LogP contribution < -0.4 is 9.64 Å². The van der Waals surface area contributed by atoms with Crippen molar-refractivity contribution in [1.82, 2.24) is 9.88 Å². The molecule has 1 saturated heterocycles. The highest BCUT2D eigenvalue weighted by molar-refractivity contribution is 7.22. The highest BCUT2D eigenvalue weighted by atomic mass is 35.5. The van der Waals surface area contributed by atoms with E-state index in [0.717, 1.165) is 34.2 Å². The number of rotatable bonds is 3. The Morgan fingerprint density at radius 2 is 1.96 bits per heavy atom. The largest absolute Gasteiger partial charge is 0.494 e. The summed E-state index contributed by atoms with van der Waals surface area (Å²) in [5.41, 5.74) is 0.900. The lowest BCUT2D eigenvalue weighted by Crippen LogP contribution is -2.48. The van der Waals surface area contributed by atoms with Crippen molar-refractivity contribution in [3.8, 4) is 5.75 Å². The molecule has 0 bridgehead atoms. The van der Waals surface area contributed by atoms with Gasteiger partial charge >= 0.3 is 0 Å². The normalized spacial score (nSPS) is 15.0. The molecule has 0 aliphatic carbocycles. The van der Waals surface area contributed by atoms with Gasteiger partial charge in [-0.1, -0.05) is 29.0 Å². The van der Waals surface area contributed by atoms with Crippen molar-refractivity contribution in [1.29, 1.82) is 0 Å². The van der Waals surface area contributed by atoms with E-state index >= 15 is 0 Å². The number of hydrogen-bond donors (Lipinski definition) is 0. The number of ether oxygens (including phenoxy) is 1. The van der Waals surface area contributed by atoms with Crippen LogP contribution in [0.15, 0.2) is 30.3 Å². The van der Waals surface area contributed by atoms with E-state index in [9.17, 15) is 4.79 Å². The first-order valence-corrected chi connectivity index (χ1v) is 9.90. The summed E-state index contributed by atoms with van der Waals surface area (Å²) in [5.74, 6) is 0.853. The molecule has 1 aromatic carbocycles. The van der Waals surface area contributed by atoms with Gasteiger partial charge in [0.25, 0.3) is 5.91 Å². The minimum Gasteiger partial charge on any atom is -0.494 e. The monoisotopic (exact) mass is 393 g/mol. The number of nitrogens with zero attached hydrogens (tertiary/aromatic N) is 3. The second-order valence-electron chi connectivity index (χ2n) is 5.69. The molecule has 2 aromatic heterocycles. The van der Waals surface area contributed by atoms with Crippen molar-refractivity contribution >= 4 is 55.5 Å². The summed E-state index contributed by atoms with van der Waals surface area (Å²) in [6.45, 7) is 2.91. The molecule has 5 nitrogen and oxygen atoms in total. The molecule has 0 spiro atoms. The molecule has 0 unspecified atom stereocenters. The summed E-state index contributed by atoms with van der Waals surface area (Å²) < 4.78 is 7.15. The van der Waals surface area contributed by atoms with Crippen molar-refractivity contribution in [2.24, 2.45) is 0 Å². The van der Waals surface area contributed by atoms with Gasteiger partial charge in [0.05, 0.1) is 21.0 Å². The molecule has 0 saturated carbocycles. The van der Waals surface area contributed by atoms with E-state index < -0.39 is 0 Å². The molecule has 1 aliphatic heterocycles. The molecule has 0 radical (unpaired) electrons. The van der Waals surface area contributed by atoms with Crippen LogP contribution >= 0.6 is 34.3 Å². The SMILES string of the molecule is COc1cccc2sc(N3CCN(C(=O)c4ccc(Cl)s4)CC3)nc12. The van der Waals surface area contributed by atoms with Gasteiger partial charge in [0.15, 0.2) is 5.13 Å². The van der Waals surface area contributed by atoms with Gasteiger partial charge in [0.1, 0.15) is 11.3 Å². The van der Waals surface area contributed by atoms with Crippen LogP contribution in [0, 0.1) is 0 Å². The molecule has 3 aromatic rings. The fourth-order valence-corrected chi connectivity index (χ4v) is 4.94. The fraction of sp³-hybridized carbons (Fsp3) is 0.294. The van der Waals surface area contributed by atoms with Gasteiger partial charge < -0.3 is 14.5 Å². The van der Waals surface area contributed by atoms with E-state index in [1.807, 2.05) is 17.0 Å². The summed E-state index contributed by atoms with van der Waals surface area (Å²) in [7, 11) is 1.66. The number of hydrogen-bond acceptors (Lipinski definition) is 6. The van der Waals surface area contributed by atoms with Crippen molar-refractivity contribution in [2.75, 3.05) is 38.2 Å². The molecule has 0 atom stereocenters. The van der Waals surface area contributed by atoms with Crippen LogP contribution in [0.5, 0.6) is 5.75 Å². The van der Waals surface area contributed by atoms with Crippen molar-refractivity contribution < 1.29 is 9.53 Å². The third-order valence-corrected chi connectivity index (χ3v) is 6.51. The number of amides is 1. The maximum atomic E-state index is 12.5. The molecule has 130 valence electrons. The molecule has 1 amide bonds. The van der Waals surface area contributed by atoms with E-state index in [-0.39, 0.29) is 5.91 Å². The molecule has 1 aliphatic rings. The zero-order valence-electron chi connectivity index (χ0n) is 13.6. The fourth-order valence-electron chi connectivity index (χ4n) is 2.90. The van der Waals surface area contributed by atoms with Gasteiger partial charge in [-0.15, -0.1) is 11.3 Å². The maximum absolute atomic E-state index is 12.5. The van der Waals surface area contributed by atoms with Crippen molar-refractivity contribution in [3.05, 3.63) is 39.5 Å². The average molecular weight is 394 g/mol. The predicted octanol–water partition coefficient (Wildman–Crippen LogP) is 3.98. The second kappa shape index (κ2) is 6.82. The molecular formula is C17H16ClN3O2S2. The Kier molecular flexibility index (Phi) is 4.54. The van der Waals surface area contributed by atoms with E-state index in [2.05, 4.69) is 11.0 Å². The molecule has 25 heavy (non-hydrogen) atoms. The minimum atomic E-state index is 0.0579. The first-order valence-electron chi connectivity index (χ1n) is 7.89. The van der Waals surface area contributed by atoms with E-state index in [4.69, 9.17) is 21.3 Å². The lowest BCUT2D eigenvalue weighted by atomic mass is 10.3. The number of para-hydroxylation sites is 1. The Balaban J connectivity index is 1.47. The van der Waals surface area contributed by atoms with Gasteiger partial charge in [-0.3, -0.25) is 4.79 Å². The average Bonchev–Trinajstić information content (AvgIpc) is 3.27. The number of thiazole rings is 1. The summed E-state index contributed by atoms with van der Waals surface area (Å²) in [6, 6.07) is 9.52. The number of fused-ring (bicyclic) bond motifs is 1. The minimum absolute atomic E-state index is 0.0579. The summed E-state index contributed by atoms with van der Waals surface area (Å²) in [5, 5.41) is 0.978. The lowest BCUT2D eigenvalue weighted by Gasteiger charge is -2.34. The quantitative estimate of drug-likeness (QED) is 0.675. The van der Waals surface area contributed by atoms with Crippen LogP contribution in [-0.2, 0) is 0 Å². The number of methoxy groups -OCH3 is 1. The Morgan fingerprint density at radius 3 is 2.64 bits per heavy atom. The predicted molar refractivity (Wildman–Crippen MR) is 104 cm³/mol. The van der Waals surface area contributed by atoms with Gasteiger partial charge in [0.2, 0.25) is 0 Å². The number of carbonyl (C=O) groups excluding carboxylic acids is 1. The zero-order chi connectivity index (χ0) is 17.4. The van der Waals surface area contributed by atoms with Gasteiger partial charge in [-0.2, -0.15) is 0 Å². The Morgan fingerprint density at radius 1 is 1.16 bits per heavy atom. The smallest absolute Gasteiger partial charge is 0.264 e. The highest BCUT2D eigenvalue weighted by Gasteiger charge is 2.25. The topological polar surface area (TPSA) is 45.7 Å². The number of carbonyl (C=O) groups is 1. The Hall–Kier alpha value is -1.83. The summed E-state index contributed by atoms with van der Waals surface area (Å²) >= 11 is 8.92. The van der Waals surface area contributed by atoms with Crippen LogP contribution in [0.1, 0.15) is 9.67 Å². The standard InChI is InChI=1S/C17H16ClN3O2S2/c1-23-11-3-2-4-12-15(11)19-17(25-12)21-9-7-20(8-10-21)16(22)13-5-6-14(18)24-13/h2-6H,7-10H2,1H3. The third kappa shape index (κ3) is 3.19. The van der Waals surface area contributed by atoms with Gasteiger partial charge in [-0.05, 0) is 24.3 Å². The molecule has 1 fully saturated rings. The Labute approximate surface area is 158 Å². The summed E-state index contributed by atoms with van der Waals surface area (Å²) in [6.07, 6.45) is 0. The van der Waals surface area contributed by atoms with Gasteiger partial charge in [0, 0.05) is 26.2 Å². The van der Waals surface area contributed by atoms with Crippen LogP contribution in [0.25, 0.3) is 10.2 Å². The number of aromatic nitrogens is 1. The van der Waals surface area contributed by atoms with Crippen molar-refractivity contribution in [3.63, 3.8) is 0 Å². The molecule has 4 rings (SSSR count). The highest BCUT2D eigenvalue weighted by Crippen LogP contribution is 2.34. The van der Waals surface area contributed by atoms with Crippen LogP contribution in [0.2, 0.25) is 4.34 Å². The molecular weight excluding hydrogens is 378 g/mol. The van der Waals surface area contributed by atoms with Crippen molar-refractivity contribution in [2.45, 2.75) is 0 Å². The first-order chi connectivity index (χ1) is 12.2. The Bertz CT molecular complexity index is 916. The van der Waals surface area contributed by atoms with Gasteiger partial charge in [-0.25, -0.2) is 4.98 Å². The lowest BCUT2D eigenvalue weighted by molar-refractivity contribution is 0.0751. The maximum Gasteiger partial charge on any atom is 0.264 e.